The third-order valence-corrected chi connectivity index (χ3v) is 3.80. The van der Waals surface area contributed by atoms with Crippen molar-refractivity contribution in [1.82, 2.24) is 4.90 Å². The molecule has 0 amide bonds. The van der Waals surface area contributed by atoms with Gasteiger partial charge in [-0.2, -0.15) is 0 Å². The quantitative estimate of drug-likeness (QED) is 0.666. The van der Waals surface area contributed by atoms with Crippen molar-refractivity contribution in [3.05, 3.63) is 0 Å². The van der Waals surface area contributed by atoms with Crippen molar-refractivity contribution in [2.45, 2.75) is 25.9 Å². The fourth-order valence-corrected chi connectivity index (χ4v) is 2.09. The first-order valence-corrected chi connectivity index (χ1v) is 6.72. The van der Waals surface area contributed by atoms with E-state index in [0.29, 0.717) is 19.4 Å². The Hall–Kier alpha value is -0.130. The third kappa shape index (κ3) is 7.29. The monoisotopic (exact) mass is 223 g/mol. The maximum absolute atomic E-state index is 11.1. The lowest BCUT2D eigenvalue weighted by atomic mass is 10.2. The number of aliphatic hydroxyl groups excluding tert-OH is 1. The zero-order chi connectivity index (χ0) is 11.2. The highest BCUT2D eigenvalue weighted by Gasteiger charge is 2.10. The number of sulfone groups is 1. The van der Waals surface area contributed by atoms with Crippen LogP contribution in [-0.2, 0) is 9.84 Å². The van der Waals surface area contributed by atoms with Gasteiger partial charge in [0.25, 0.3) is 0 Å². The van der Waals surface area contributed by atoms with Crippen molar-refractivity contribution in [3.63, 3.8) is 0 Å². The van der Waals surface area contributed by atoms with Crippen molar-refractivity contribution in [3.8, 4) is 0 Å². The largest absolute Gasteiger partial charge is 0.392 e. The average molecular weight is 223 g/mol. The van der Waals surface area contributed by atoms with Crippen molar-refractivity contribution in [1.29, 1.82) is 0 Å². The van der Waals surface area contributed by atoms with Gasteiger partial charge in [0, 0.05) is 12.3 Å². The van der Waals surface area contributed by atoms with Gasteiger partial charge >= 0.3 is 0 Å². The SMILES string of the molecule is CCS(=O)(=O)CCCC(O)CN(C)C. The van der Waals surface area contributed by atoms with Crippen LogP contribution in [0.25, 0.3) is 0 Å². The molecule has 0 radical (unpaired) electrons. The molecule has 14 heavy (non-hydrogen) atoms. The number of nitrogens with zero attached hydrogens (tertiary/aromatic N) is 1. The van der Waals surface area contributed by atoms with E-state index in [0.717, 1.165) is 0 Å². The van der Waals surface area contributed by atoms with Crippen LogP contribution in [0.1, 0.15) is 19.8 Å². The molecule has 0 fully saturated rings. The summed E-state index contributed by atoms with van der Waals surface area (Å²) in [6.45, 7) is 2.23. The summed E-state index contributed by atoms with van der Waals surface area (Å²) < 4.78 is 22.2. The second-order valence-corrected chi connectivity index (χ2v) is 6.27. The zero-order valence-electron chi connectivity index (χ0n) is 9.23. The van der Waals surface area contributed by atoms with Gasteiger partial charge in [0.05, 0.1) is 11.9 Å². The van der Waals surface area contributed by atoms with Gasteiger partial charge in [-0.15, -0.1) is 0 Å². The molecule has 86 valence electrons. The highest BCUT2D eigenvalue weighted by molar-refractivity contribution is 7.91. The first-order valence-electron chi connectivity index (χ1n) is 4.90. The molecule has 0 saturated heterocycles. The Morgan fingerprint density at radius 3 is 2.36 bits per heavy atom. The van der Waals surface area contributed by atoms with E-state index in [1.54, 1.807) is 6.92 Å². The molecule has 0 aromatic heterocycles. The number of rotatable bonds is 7. The minimum absolute atomic E-state index is 0.188. The Kier molecular flexibility index (Phi) is 6.31. The molecule has 0 rings (SSSR count). The molecule has 1 N–H and O–H groups in total. The second kappa shape index (κ2) is 6.37. The Morgan fingerprint density at radius 2 is 1.93 bits per heavy atom. The van der Waals surface area contributed by atoms with E-state index >= 15 is 0 Å². The molecule has 1 unspecified atom stereocenters. The zero-order valence-corrected chi connectivity index (χ0v) is 10.0. The minimum Gasteiger partial charge on any atom is -0.392 e. The van der Waals surface area contributed by atoms with Gasteiger partial charge in [0.1, 0.15) is 9.84 Å². The van der Waals surface area contributed by atoms with Crippen LogP contribution < -0.4 is 0 Å². The van der Waals surface area contributed by atoms with Gasteiger partial charge in [-0.3, -0.25) is 0 Å². The highest BCUT2D eigenvalue weighted by Crippen LogP contribution is 2.02. The predicted molar refractivity (Wildman–Crippen MR) is 58.1 cm³/mol. The maximum atomic E-state index is 11.1. The average Bonchev–Trinajstić information content (AvgIpc) is 2.02. The van der Waals surface area contributed by atoms with E-state index in [1.165, 1.54) is 0 Å². The van der Waals surface area contributed by atoms with Gasteiger partial charge in [-0.25, -0.2) is 8.42 Å². The maximum Gasteiger partial charge on any atom is 0.150 e. The van der Waals surface area contributed by atoms with Gasteiger partial charge in [-0.1, -0.05) is 6.92 Å². The lowest BCUT2D eigenvalue weighted by Crippen LogP contribution is -2.26. The van der Waals surface area contributed by atoms with Crippen LogP contribution in [-0.4, -0.2) is 56.7 Å². The van der Waals surface area contributed by atoms with Crippen molar-refractivity contribution in [2.75, 3.05) is 32.1 Å². The summed E-state index contributed by atoms with van der Waals surface area (Å²) in [6, 6.07) is 0. The van der Waals surface area contributed by atoms with Crippen LogP contribution in [0.15, 0.2) is 0 Å². The summed E-state index contributed by atoms with van der Waals surface area (Å²) in [4.78, 5) is 1.89. The predicted octanol–water partition coefficient (Wildman–Crippen LogP) is 0.124. The first-order chi connectivity index (χ1) is 6.37. The highest BCUT2D eigenvalue weighted by atomic mass is 32.2. The smallest absolute Gasteiger partial charge is 0.150 e. The van der Waals surface area contributed by atoms with Gasteiger partial charge in [0.15, 0.2) is 0 Å². The minimum atomic E-state index is -2.87. The second-order valence-electron chi connectivity index (χ2n) is 3.79. The molecule has 0 aliphatic rings. The van der Waals surface area contributed by atoms with E-state index in [4.69, 9.17) is 0 Å². The van der Waals surface area contributed by atoms with E-state index < -0.39 is 15.9 Å². The van der Waals surface area contributed by atoms with E-state index in [2.05, 4.69) is 0 Å². The van der Waals surface area contributed by atoms with Crippen LogP contribution >= 0.6 is 0 Å². The van der Waals surface area contributed by atoms with Crippen LogP contribution in [0.3, 0.4) is 0 Å². The van der Waals surface area contributed by atoms with Gasteiger partial charge < -0.3 is 10.0 Å². The van der Waals surface area contributed by atoms with Crippen molar-refractivity contribution < 1.29 is 13.5 Å². The number of hydrogen-bond donors (Lipinski definition) is 1. The molecule has 4 nitrogen and oxygen atoms in total. The van der Waals surface area contributed by atoms with Crippen LogP contribution in [0.4, 0.5) is 0 Å². The molecule has 1 atom stereocenters. The molecule has 0 heterocycles. The Morgan fingerprint density at radius 1 is 1.36 bits per heavy atom. The number of hydrogen-bond acceptors (Lipinski definition) is 4. The topological polar surface area (TPSA) is 57.6 Å². The summed E-state index contributed by atoms with van der Waals surface area (Å²) >= 11 is 0. The molecule has 0 aromatic rings. The normalized spacial score (nSPS) is 14.6. The molecule has 0 saturated carbocycles. The molecule has 5 heteroatoms. The molecular formula is C9H21NO3S. The summed E-state index contributed by atoms with van der Waals surface area (Å²) in [6.07, 6.45) is 0.680. The number of aliphatic hydroxyl groups is 1. The summed E-state index contributed by atoms with van der Waals surface area (Å²) in [5, 5.41) is 9.45. The summed E-state index contributed by atoms with van der Waals surface area (Å²) in [5.41, 5.74) is 0. The fourth-order valence-electron chi connectivity index (χ4n) is 1.20. The fraction of sp³-hybridized carbons (Fsp3) is 1.00. The van der Waals surface area contributed by atoms with Crippen LogP contribution in [0.5, 0.6) is 0 Å². The lowest BCUT2D eigenvalue weighted by molar-refractivity contribution is 0.128. The molecule has 0 aliphatic heterocycles. The summed E-state index contributed by atoms with van der Waals surface area (Å²) in [5.74, 6) is 0.380. The standard InChI is InChI=1S/C9H21NO3S/c1-4-14(12,13)7-5-6-9(11)8-10(2)3/h9,11H,4-8H2,1-3H3. The summed E-state index contributed by atoms with van der Waals surface area (Å²) in [7, 11) is 0.894. The van der Waals surface area contributed by atoms with Crippen LogP contribution in [0, 0.1) is 0 Å². The van der Waals surface area contributed by atoms with E-state index in [1.807, 2.05) is 19.0 Å². The van der Waals surface area contributed by atoms with Crippen molar-refractivity contribution in [2.24, 2.45) is 0 Å². The Balaban J connectivity index is 3.64. The molecular weight excluding hydrogens is 202 g/mol. The van der Waals surface area contributed by atoms with E-state index in [9.17, 15) is 13.5 Å². The van der Waals surface area contributed by atoms with Gasteiger partial charge in [0.2, 0.25) is 0 Å². The Labute approximate surface area is 86.8 Å². The lowest BCUT2D eigenvalue weighted by Gasteiger charge is -2.15. The molecule has 0 bridgehead atoms. The number of likely N-dealkylation sites (N-methyl/N-ethyl adjacent to an activating group) is 1. The molecule has 0 aromatic carbocycles. The first kappa shape index (κ1) is 13.9. The van der Waals surface area contributed by atoms with E-state index in [-0.39, 0.29) is 11.5 Å². The molecule has 0 spiro atoms. The Bertz CT molecular complexity index is 236. The molecule has 0 aliphatic carbocycles. The van der Waals surface area contributed by atoms with Gasteiger partial charge in [-0.05, 0) is 26.9 Å². The third-order valence-electron chi connectivity index (χ3n) is 2.01. The van der Waals surface area contributed by atoms with Crippen LogP contribution in [0.2, 0.25) is 0 Å². The van der Waals surface area contributed by atoms with Crippen molar-refractivity contribution >= 4 is 9.84 Å².